The number of hydrogen-bond donors (Lipinski definition) is 0. The van der Waals surface area contributed by atoms with Crippen LogP contribution < -0.4 is 4.74 Å². The van der Waals surface area contributed by atoms with Crippen molar-refractivity contribution in [3.8, 4) is 5.88 Å². The Labute approximate surface area is 67.2 Å². The predicted molar refractivity (Wildman–Crippen MR) is 44.9 cm³/mol. The lowest BCUT2D eigenvalue weighted by atomic mass is 10.2. The maximum atomic E-state index is 5.08. The van der Waals surface area contributed by atoms with Crippen molar-refractivity contribution in [2.24, 2.45) is 0 Å². The summed E-state index contributed by atoms with van der Waals surface area (Å²) in [6.45, 7) is 4.13. The number of aromatic nitrogens is 1. The Hall–Kier alpha value is -1.05. The first kappa shape index (κ1) is 8.05. The van der Waals surface area contributed by atoms with Crippen LogP contribution in [0.2, 0.25) is 0 Å². The molecule has 0 radical (unpaired) electrons. The summed E-state index contributed by atoms with van der Waals surface area (Å²) < 4.78 is 5.08. The highest BCUT2D eigenvalue weighted by Crippen LogP contribution is 2.15. The lowest BCUT2D eigenvalue weighted by Crippen LogP contribution is -1.94. The first-order valence-corrected chi connectivity index (χ1v) is 3.77. The van der Waals surface area contributed by atoms with Gasteiger partial charge in [0.25, 0.3) is 0 Å². The number of nitrogens with zero attached hydrogens (tertiary/aromatic N) is 1. The van der Waals surface area contributed by atoms with E-state index in [4.69, 9.17) is 4.74 Å². The van der Waals surface area contributed by atoms with Crippen LogP contribution in [0.25, 0.3) is 0 Å². The van der Waals surface area contributed by atoms with Crippen molar-refractivity contribution in [3.05, 3.63) is 23.4 Å². The molecule has 0 aliphatic heterocycles. The van der Waals surface area contributed by atoms with E-state index in [0.717, 1.165) is 12.3 Å². The predicted octanol–water partition coefficient (Wildman–Crippen LogP) is 1.96. The van der Waals surface area contributed by atoms with E-state index in [9.17, 15) is 0 Å². The van der Waals surface area contributed by atoms with Gasteiger partial charge in [-0.1, -0.05) is 6.92 Å². The standard InChI is InChI=1S/C9H13NO/c1-4-8-5-7(2)6-10-9(8)11-3/h5-6H,4H2,1-3H3. The zero-order chi connectivity index (χ0) is 8.27. The molecule has 1 aromatic rings. The van der Waals surface area contributed by atoms with Gasteiger partial charge in [0.15, 0.2) is 0 Å². The molecule has 0 aliphatic carbocycles. The van der Waals surface area contributed by atoms with E-state index in [1.54, 1.807) is 7.11 Å². The Morgan fingerprint density at radius 2 is 2.27 bits per heavy atom. The molecule has 0 atom stereocenters. The first-order valence-electron chi connectivity index (χ1n) is 3.77. The number of hydrogen-bond acceptors (Lipinski definition) is 2. The van der Waals surface area contributed by atoms with Gasteiger partial charge >= 0.3 is 0 Å². The molecule has 0 saturated heterocycles. The lowest BCUT2D eigenvalue weighted by molar-refractivity contribution is 0.393. The molecule has 0 saturated carbocycles. The van der Waals surface area contributed by atoms with Crippen molar-refractivity contribution in [1.29, 1.82) is 0 Å². The lowest BCUT2D eigenvalue weighted by Gasteiger charge is -2.04. The van der Waals surface area contributed by atoms with Crippen LogP contribution in [0.4, 0.5) is 0 Å². The minimum atomic E-state index is 0.748. The van der Waals surface area contributed by atoms with Crippen molar-refractivity contribution in [2.75, 3.05) is 7.11 Å². The fraction of sp³-hybridized carbons (Fsp3) is 0.444. The molecule has 0 spiro atoms. The average Bonchev–Trinajstić information content (AvgIpc) is 2.04. The van der Waals surface area contributed by atoms with Gasteiger partial charge in [0.2, 0.25) is 5.88 Å². The molecular formula is C9H13NO. The fourth-order valence-corrected chi connectivity index (χ4v) is 1.05. The Kier molecular flexibility index (Phi) is 2.47. The van der Waals surface area contributed by atoms with Gasteiger partial charge in [-0.3, -0.25) is 0 Å². The summed E-state index contributed by atoms with van der Waals surface area (Å²) in [7, 11) is 1.65. The molecule has 1 aromatic heterocycles. The van der Waals surface area contributed by atoms with Crippen LogP contribution in [0.1, 0.15) is 18.1 Å². The molecule has 0 bridgehead atoms. The van der Waals surface area contributed by atoms with Gasteiger partial charge in [-0.2, -0.15) is 0 Å². The number of rotatable bonds is 2. The average molecular weight is 151 g/mol. The summed E-state index contributed by atoms with van der Waals surface area (Å²) >= 11 is 0. The van der Waals surface area contributed by atoms with E-state index in [2.05, 4.69) is 18.0 Å². The fourth-order valence-electron chi connectivity index (χ4n) is 1.05. The number of pyridine rings is 1. The van der Waals surface area contributed by atoms with Gasteiger partial charge in [-0.05, 0) is 25.0 Å². The highest BCUT2D eigenvalue weighted by atomic mass is 16.5. The SMILES string of the molecule is CCc1cc(C)cnc1OC. The zero-order valence-electron chi connectivity index (χ0n) is 7.22. The second kappa shape index (κ2) is 3.37. The van der Waals surface area contributed by atoms with Gasteiger partial charge in [-0.15, -0.1) is 0 Å². The minimum Gasteiger partial charge on any atom is -0.481 e. The van der Waals surface area contributed by atoms with E-state index >= 15 is 0 Å². The summed E-state index contributed by atoms with van der Waals surface area (Å²) in [5, 5.41) is 0. The molecule has 0 N–H and O–H groups in total. The molecular weight excluding hydrogens is 138 g/mol. The first-order chi connectivity index (χ1) is 5.27. The van der Waals surface area contributed by atoms with Crippen LogP contribution in [0.5, 0.6) is 5.88 Å². The molecule has 2 nitrogen and oxygen atoms in total. The summed E-state index contributed by atoms with van der Waals surface area (Å²) in [6, 6.07) is 2.10. The topological polar surface area (TPSA) is 22.1 Å². The molecule has 11 heavy (non-hydrogen) atoms. The van der Waals surface area contributed by atoms with Gasteiger partial charge in [-0.25, -0.2) is 4.98 Å². The van der Waals surface area contributed by atoms with Crippen LogP contribution in [-0.4, -0.2) is 12.1 Å². The van der Waals surface area contributed by atoms with Crippen LogP contribution in [-0.2, 0) is 6.42 Å². The normalized spacial score (nSPS) is 9.73. The van der Waals surface area contributed by atoms with Crippen molar-refractivity contribution >= 4 is 0 Å². The minimum absolute atomic E-state index is 0.748. The molecule has 60 valence electrons. The molecule has 0 aromatic carbocycles. The van der Waals surface area contributed by atoms with Crippen molar-refractivity contribution in [3.63, 3.8) is 0 Å². The van der Waals surface area contributed by atoms with E-state index in [-0.39, 0.29) is 0 Å². The largest absolute Gasteiger partial charge is 0.481 e. The van der Waals surface area contributed by atoms with Gasteiger partial charge in [0.05, 0.1) is 7.11 Å². The summed E-state index contributed by atoms with van der Waals surface area (Å²) in [5.41, 5.74) is 2.36. The number of methoxy groups -OCH3 is 1. The second-order valence-corrected chi connectivity index (χ2v) is 2.53. The molecule has 0 amide bonds. The molecule has 0 unspecified atom stereocenters. The Morgan fingerprint density at radius 3 is 2.82 bits per heavy atom. The van der Waals surface area contributed by atoms with Crippen molar-refractivity contribution in [1.82, 2.24) is 4.98 Å². The maximum Gasteiger partial charge on any atom is 0.216 e. The Balaban J connectivity index is 3.06. The van der Waals surface area contributed by atoms with E-state index in [1.165, 1.54) is 11.1 Å². The molecule has 1 heterocycles. The molecule has 1 rings (SSSR count). The summed E-state index contributed by atoms with van der Waals surface area (Å²) in [4.78, 5) is 4.15. The van der Waals surface area contributed by atoms with E-state index in [0.29, 0.717) is 0 Å². The third-order valence-corrected chi connectivity index (χ3v) is 1.64. The van der Waals surface area contributed by atoms with Crippen LogP contribution >= 0.6 is 0 Å². The van der Waals surface area contributed by atoms with Crippen LogP contribution in [0.3, 0.4) is 0 Å². The molecule has 2 heteroatoms. The molecule has 0 aliphatic rings. The quantitative estimate of drug-likeness (QED) is 0.644. The number of aryl methyl sites for hydroxylation is 2. The van der Waals surface area contributed by atoms with Gasteiger partial charge in [0.1, 0.15) is 0 Å². The van der Waals surface area contributed by atoms with Gasteiger partial charge < -0.3 is 4.74 Å². The van der Waals surface area contributed by atoms with Crippen molar-refractivity contribution in [2.45, 2.75) is 20.3 Å². The smallest absolute Gasteiger partial charge is 0.216 e. The Morgan fingerprint density at radius 1 is 1.55 bits per heavy atom. The van der Waals surface area contributed by atoms with Crippen LogP contribution in [0.15, 0.2) is 12.3 Å². The third kappa shape index (κ3) is 1.70. The van der Waals surface area contributed by atoms with E-state index < -0.39 is 0 Å². The van der Waals surface area contributed by atoms with Crippen molar-refractivity contribution < 1.29 is 4.74 Å². The monoisotopic (exact) mass is 151 g/mol. The highest BCUT2D eigenvalue weighted by molar-refractivity contribution is 5.29. The molecule has 0 fully saturated rings. The summed E-state index contributed by atoms with van der Waals surface area (Å²) in [6.07, 6.45) is 2.79. The highest BCUT2D eigenvalue weighted by Gasteiger charge is 2.00. The zero-order valence-corrected chi connectivity index (χ0v) is 7.22. The van der Waals surface area contributed by atoms with Crippen LogP contribution in [0, 0.1) is 6.92 Å². The summed E-state index contributed by atoms with van der Waals surface area (Å²) in [5.74, 6) is 0.748. The maximum absolute atomic E-state index is 5.08. The number of ether oxygens (including phenoxy) is 1. The van der Waals surface area contributed by atoms with E-state index in [1.807, 2.05) is 13.1 Å². The Bertz CT molecular complexity index is 245. The third-order valence-electron chi connectivity index (χ3n) is 1.64. The van der Waals surface area contributed by atoms with Gasteiger partial charge in [0, 0.05) is 11.8 Å². The second-order valence-electron chi connectivity index (χ2n) is 2.53.